The fourth-order valence-corrected chi connectivity index (χ4v) is 1.14. The zero-order valence-electron chi connectivity index (χ0n) is 6.47. The number of carboxylic acid groups (broad SMARTS) is 1. The van der Waals surface area contributed by atoms with Crippen LogP contribution >= 0.6 is 11.8 Å². The molecular formula is C5H8N4O2S. The lowest BCUT2D eigenvalue weighted by Crippen LogP contribution is -2.07. The molecule has 1 aromatic heterocycles. The van der Waals surface area contributed by atoms with Crippen molar-refractivity contribution >= 4 is 17.7 Å². The van der Waals surface area contributed by atoms with Crippen molar-refractivity contribution < 1.29 is 9.90 Å². The molecule has 0 amide bonds. The molecular weight excluding hydrogens is 180 g/mol. The van der Waals surface area contributed by atoms with Crippen LogP contribution in [-0.4, -0.2) is 37.5 Å². The highest BCUT2D eigenvalue weighted by atomic mass is 32.2. The van der Waals surface area contributed by atoms with Gasteiger partial charge < -0.3 is 5.11 Å². The highest BCUT2D eigenvalue weighted by Gasteiger charge is 2.05. The van der Waals surface area contributed by atoms with Gasteiger partial charge in [-0.15, -0.1) is 5.10 Å². The third kappa shape index (κ3) is 2.19. The Bertz CT molecular complexity index is 274. The minimum Gasteiger partial charge on any atom is -0.481 e. The van der Waals surface area contributed by atoms with Gasteiger partial charge in [-0.25, -0.2) is 4.68 Å². The predicted molar refractivity (Wildman–Crippen MR) is 41.9 cm³/mol. The summed E-state index contributed by atoms with van der Waals surface area (Å²) in [7, 11) is 0. The van der Waals surface area contributed by atoms with Gasteiger partial charge in [0.1, 0.15) is 0 Å². The van der Waals surface area contributed by atoms with Crippen molar-refractivity contribution in [2.75, 3.05) is 6.26 Å². The second-order valence-corrected chi connectivity index (χ2v) is 2.81. The average molecular weight is 188 g/mol. The molecule has 12 heavy (non-hydrogen) atoms. The number of hydrogen-bond donors (Lipinski definition) is 1. The highest BCUT2D eigenvalue weighted by Crippen LogP contribution is 2.08. The molecule has 0 fully saturated rings. The maximum atomic E-state index is 10.2. The van der Waals surface area contributed by atoms with E-state index in [9.17, 15) is 4.79 Å². The Morgan fingerprint density at radius 3 is 3.08 bits per heavy atom. The number of aromatic nitrogens is 4. The first-order valence-electron chi connectivity index (χ1n) is 3.26. The number of carboxylic acids is 1. The van der Waals surface area contributed by atoms with Crippen molar-refractivity contribution in [1.29, 1.82) is 0 Å². The lowest BCUT2D eigenvalue weighted by Gasteiger charge is -1.97. The van der Waals surface area contributed by atoms with Crippen molar-refractivity contribution in [3.63, 3.8) is 0 Å². The summed E-state index contributed by atoms with van der Waals surface area (Å²) in [5, 5.41) is 19.8. The van der Waals surface area contributed by atoms with Crippen LogP contribution in [0.1, 0.15) is 6.42 Å². The van der Waals surface area contributed by atoms with E-state index in [1.54, 1.807) is 0 Å². The quantitative estimate of drug-likeness (QED) is 0.663. The lowest BCUT2D eigenvalue weighted by atomic mass is 10.4. The van der Waals surface area contributed by atoms with Gasteiger partial charge in [-0.3, -0.25) is 4.79 Å². The third-order valence-electron chi connectivity index (χ3n) is 1.22. The molecule has 0 aromatic carbocycles. The summed E-state index contributed by atoms with van der Waals surface area (Å²) < 4.78 is 1.47. The van der Waals surface area contributed by atoms with Crippen LogP contribution in [0.3, 0.4) is 0 Å². The van der Waals surface area contributed by atoms with Gasteiger partial charge in [0, 0.05) is 0 Å². The Balaban J connectivity index is 2.56. The molecule has 0 aliphatic rings. The first-order chi connectivity index (χ1) is 5.74. The molecule has 0 bridgehead atoms. The Morgan fingerprint density at radius 2 is 2.50 bits per heavy atom. The lowest BCUT2D eigenvalue weighted by molar-refractivity contribution is -0.137. The Morgan fingerprint density at radius 1 is 1.75 bits per heavy atom. The second kappa shape index (κ2) is 4.05. The van der Waals surface area contributed by atoms with E-state index in [1.807, 2.05) is 6.26 Å². The van der Waals surface area contributed by atoms with Crippen LogP contribution in [0.2, 0.25) is 0 Å². The minimum absolute atomic E-state index is 0.0403. The van der Waals surface area contributed by atoms with E-state index in [1.165, 1.54) is 16.4 Å². The molecule has 7 heteroatoms. The molecule has 0 spiro atoms. The van der Waals surface area contributed by atoms with Gasteiger partial charge in [0.25, 0.3) is 0 Å². The summed E-state index contributed by atoms with van der Waals surface area (Å²) in [5.41, 5.74) is 0. The van der Waals surface area contributed by atoms with E-state index in [0.29, 0.717) is 11.7 Å². The number of nitrogens with zero attached hydrogens (tertiary/aromatic N) is 4. The molecule has 0 saturated heterocycles. The molecule has 0 radical (unpaired) electrons. The average Bonchev–Trinajstić information content (AvgIpc) is 2.47. The number of hydrogen-bond acceptors (Lipinski definition) is 5. The van der Waals surface area contributed by atoms with Crippen molar-refractivity contribution in [1.82, 2.24) is 20.2 Å². The molecule has 0 atom stereocenters. The zero-order chi connectivity index (χ0) is 8.97. The Kier molecular flexibility index (Phi) is 3.03. The summed E-state index contributed by atoms with van der Waals surface area (Å²) >= 11 is 1.39. The number of aryl methyl sites for hydroxylation is 1. The van der Waals surface area contributed by atoms with E-state index in [0.717, 1.165) is 0 Å². The van der Waals surface area contributed by atoms with Gasteiger partial charge in [-0.2, -0.15) is 0 Å². The van der Waals surface area contributed by atoms with Crippen LogP contribution in [-0.2, 0) is 11.3 Å². The van der Waals surface area contributed by atoms with Gasteiger partial charge in [0.2, 0.25) is 5.16 Å². The van der Waals surface area contributed by atoms with Crippen LogP contribution in [0, 0.1) is 0 Å². The van der Waals surface area contributed by atoms with Gasteiger partial charge in [-0.1, -0.05) is 11.8 Å². The van der Waals surface area contributed by atoms with Crippen LogP contribution in [0.5, 0.6) is 0 Å². The molecule has 1 rings (SSSR count). The molecule has 0 aliphatic heterocycles. The topological polar surface area (TPSA) is 80.9 Å². The fraction of sp³-hybridized carbons (Fsp3) is 0.600. The van der Waals surface area contributed by atoms with Crippen LogP contribution in [0.4, 0.5) is 0 Å². The Hall–Kier alpha value is -1.11. The fourth-order valence-electron chi connectivity index (χ4n) is 0.685. The number of carbonyl (C=O) groups is 1. The largest absolute Gasteiger partial charge is 0.481 e. The zero-order valence-corrected chi connectivity index (χ0v) is 7.28. The Labute approximate surface area is 73.0 Å². The van der Waals surface area contributed by atoms with Crippen molar-refractivity contribution in [2.24, 2.45) is 0 Å². The van der Waals surface area contributed by atoms with E-state index < -0.39 is 5.97 Å². The SMILES string of the molecule is CSc1nnnn1CCC(=O)O. The standard InChI is InChI=1S/C5H8N4O2S/c1-12-5-6-7-8-9(5)3-2-4(10)11/h2-3H2,1H3,(H,10,11). The summed E-state index contributed by atoms with van der Waals surface area (Å²) in [6.45, 7) is 0.318. The minimum atomic E-state index is -0.849. The normalized spacial score (nSPS) is 10.1. The third-order valence-corrected chi connectivity index (χ3v) is 1.88. The summed E-state index contributed by atoms with van der Waals surface area (Å²) in [6, 6.07) is 0. The van der Waals surface area contributed by atoms with Gasteiger partial charge in [0.05, 0.1) is 13.0 Å². The maximum Gasteiger partial charge on any atom is 0.305 e. The second-order valence-electron chi connectivity index (χ2n) is 2.03. The molecule has 1 N–H and O–H groups in total. The molecule has 1 heterocycles. The molecule has 0 aliphatic carbocycles. The number of tetrazole rings is 1. The van der Waals surface area contributed by atoms with Crippen LogP contribution in [0.15, 0.2) is 5.16 Å². The molecule has 1 aromatic rings. The predicted octanol–water partition coefficient (Wildman–Crippen LogP) is -0.130. The van der Waals surface area contributed by atoms with Gasteiger partial charge >= 0.3 is 5.97 Å². The summed E-state index contributed by atoms with van der Waals surface area (Å²) in [5.74, 6) is -0.849. The maximum absolute atomic E-state index is 10.2. The van der Waals surface area contributed by atoms with E-state index in [-0.39, 0.29) is 6.42 Å². The molecule has 66 valence electrons. The van der Waals surface area contributed by atoms with Crippen LogP contribution in [0.25, 0.3) is 0 Å². The van der Waals surface area contributed by atoms with Crippen molar-refractivity contribution in [3.05, 3.63) is 0 Å². The monoisotopic (exact) mass is 188 g/mol. The molecule has 0 unspecified atom stereocenters. The number of aliphatic carboxylic acids is 1. The summed E-state index contributed by atoms with van der Waals surface area (Å²) in [6.07, 6.45) is 1.88. The molecule has 6 nitrogen and oxygen atoms in total. The number of rotatable bonds is 4. The van der Waals surface area contributed by atoms with Crippen LogP contribution < -0.4 is 0 Å². The van der Waals surface area contributed by atoms with E-state index >= 15 is 0 Å². The first kappa shape index (κ1) is 8.98. The van der Waals surface area contributed by atoms with Gasteiger partial charge in [0.15, 0.2) is 0 Å². The van der Waals surface area contributed by atoms with Crippen molar-refractivity contribution in [3.8, 4) is 0 Å². The summed E-state index contributed by atoms with van der Waals surface area (Å²) in [4.78, 5) is 10.2. The first-order valence-corrected chi connectivity index (χ1v) is 4.48. The number of thioether (sulfide) groups is 1. The smallest absolute Gasteiger partial charge is 0.305 e. The van der Waals surface area contributed by atoms with Crippen molar-refractivity contribution in [2.45, 2.75) is 18.1 Å². The highest BCUT2D eigenvalue weighted by molar-refractivity contribution is 7.98. The van der Waals surface area contributed by atoms with E-state index in [4.69, 9.17) is 5.11 Å². The van der Waals surface area contributed by atoms with Gasteiger partial charge in [-0.05, 0) is 16.7 Å². The van der Waals surface area contributed by atoms with E-state index in [2.05, 4.69) is 15.5 Å². The molecule has 0 saturated carbocycles.